The first-order valence-electron chi connectivity index (χ1n) is 7.41. The topological polar surface area (TPSA) is 102 Å². The van der Waals surface area contributed by atoms with E-state index in [4.69, 9.17) is 0 Å². The van der Waals surface area contributed by atoms with Gasteiger partial charge in [-0.25, -0.2) is 23.4 Å². The van der Waals surface area contributed by atoms with Crippen molar-refractivity contribution < 1.29 is 9.18 Å². The molecule has 0 saturated heterocycles. The second-order valence-corrected chi connectivity index (χ2v) is 5.69. The van der Waals surface area contributed by atoms with Gasteiger partial charge in [0.25, 0.3) is 5.56 Å². The molecule has 25 heavy (non-hydrogen) atoms. The molecule has 0 aliphatic carbocycles. The normalized spacial score (nSPS) is 17.2. The van der Waals surface area contributed by atoms with Crippen LogP contribution in [0.25, 0.3) is 5.82 Å². The van der Waals surface area contributed by atoms with E-state index in [0.717, 1.165) is 15.3 Å². The minimum absolute atomic E-state index is 0.0268. The summed E-state index contributed by atoms with van der Waals surface area (Å²) in [5.41, 5.74) is -1.62. The zero-order valence-corrected chi connectivity index (χ0v) is 13.8. The molecule has 0 aromatic carbocycles. The molecule has 0 radical (unpaired) electrons. The number of Topliss-reactive ketones (excluding diaryl/α,β-unsaturated/α-hetero) is 1. The first-order valence-corrected chi connectivity index (χ1v) is 7.41. The molecule has 9 nitrogen and oxygen atoms in total. The van der Waals surface area contributed by atoms with Crippen molar-refractivity contribution >= 4 is 12.0 Å². The maximum Gasteiger partial charge on any atom is 0.353 e. The number of hydrazone groups is 1. The Labute approximate surface area is 141 Å². The van der Waals surface area contributed by atoms with Crippen molar-refractivity contribution in [1.29, 1.82) is 0 Å². The van der Waals surface area contributed by atoms with Gasteiger partial charge in [0.05, 0.1) is 12.2 Å². The van der Waals surface area contributed by atoms with Gasteiger partial charge in [0.1, 0.15) is 23.2 Å². The molecular formula is C15H15FN6O3. The molecule has 0 spiro atoms. The average molecular weight is 346 g/mol. The van der Waals surface area contributed by atoms with E-state index < -0.39 is 23.0 Å². The lowest BCUT2D eigenvalue weighted by atomic mass is 10.0. The van der Waals surface area contributed by atoms with E-state index in [0.29, 0.717) is 0 Å². The van der Waals surface area contributed by atoms with Gasteiger partial charge in [0, 0.05) is 20.3 Å². The highest BCUT2D eigenvalue weighted by atomic mass is 19.1. The molecule has 2 aromatic heterocycles. The van der Waals surface area contributed by atoms with Crippen molar-refractivity contribution in [2.45, 2.75) is 12.8 Å². The summed E-state index contributed by atoms with van der Waals surface area (Å²) in [5, 5.41) is 9.38. The van der Waals surface area contributed by atoms with E-state index >= 15 is 0 Å². The molecule has 1 aliphatic rings. The molecule has 0 fully saturated rings. The fourth-order valence-corrected chi connectivity index (χ4v) is 2.50. The van der Waals surface area contributed by atoms with Crippen LogP contribution in [-0.4, -0.2) is 49.9 Å². The minimum Gasteiger partial charge on any atom is -0.296 e. The molecule has 10 heteroatoms. The Kier molecular flexibility index (Phi) is 4.03. The Balaban J connectivity index is 2.24. The highest BCUT2D eigenvalue weighted by molar-refractivity contribution is 6.02. The first-order chi connectivity index (χ1) is 11.8. The van der Waals surface area contributed by atoms with E-state index in [2.05, 4.69) is 15.2 Å². The Morgan fingerprint density at radius 3 is 2.56 bits per heavy atom. The van der Waals surface area contributed by atoms with Crippen molar-refractivity contribution in [2.24, 2.45) is 12.1 Å². The summed E-state index contributed by atoms with van der Waals surface area (Å²) in [7, 11) is 2.98. The van der Waals surface area contributed by atoms with Crippen LogP contribution >= 0.6 is 0 Å². The van der Waals surface area contributed by atoms with Crippen LogP contribution in [0.15, 0.2) is 26.8 Å². The van der Waals surface area contributed by atoms with Crippen molar-refractivity contribution in [2.75, 3.05) is 13.6 Å². The van der Waals surface area contributed by atoms with Gasteiger partial charge in [-0.3, -0.25) is 14.6 Å². The number of halogens is 1. The van der Waals surface area contributed by atoms with Crippen LogP contribution < -0.4 is 11.2 Å². The highest BCUT2D eigenvalue weighted by Gasteiger charge is 2.29. The molecule has 0 bridgehead atoms. The molecule has 2 aromatic rings. The highest BCUT2D eigenvalue weighted by Crippen LogP contribution is 2.13. The van der Waals surface area contributed by atoms with E-state index in [1.54, 1.807) is 7.05 Å². The van der Waals surface area contributed by atoms with Crippen molar-refractivity contribution in [3.63, 3.8) is 0 Å². The third kappa shape index (κ3) is 2.86. The van der Waals surface area contributed by atoms with Crippen LogP contribution in [0.3, 0.4) is 0 Å². The van der Waals surface area contributed by atoms with Gasteiger partial charge < -0.3 is 0 Å². The predicted molar refractivity (Wildman–Crippen MR) is 86.4 cm³/mol. The maximum atomic E-state index is 13.4. The van der Waals surface area contributed by atoms with Crippen LogP contribution in [-0.2, 0) is 11.8 Å². The number of aryl methyl sites for hydroxylation is 2. The number of rotatable bonds is 2. The zero-order valence-electron chi connectivity index (χ0n) is 13.8. The van der Waals surface area contributed by atoms with Gasteiger partial charge in [0.2, 0.25) is 0 Å². The third-order valence-corrected chi connectivity index (χ3v) is 3.82. The van der Waals surface area contributed by atoms with Gasteiger partial charge in [-0.2, -0.15) is 10.2 Å². The van der Waals surface area contributed by atoms with Crippen LogP contribution in [0.2, 0.25) is 0 Å². The Morgan fingerprint density at radius 2 is 1.92 bits per heavy atom. The van der Waals surface area contributed by atoms with Crippen molar-refractivity contribution in [3.05, 3.63) is 50.2 Å². The lowest BCUT2D eigenvalue weighted by Crippen LogP contribution is -2.45. The number of carbonyl (C=O) groups excluding carboxylic acids is 1. The molecule has 130 valence electrons. The zero-order chi connectivity index (χ0) is 18.3. The van der Waals surface area contributed by atoms with Gasteiger partial charge in [-0.1, -0.05) is 0 Å². The SMILES string of the molecule is Cc1nc(-n2c(=O)c(C3C=NN(C)CC3=O)nn(C)c2=O)ccc1F. The molecule has 0 saturated carbocycles. The fraction of sp³-hybridized carbons (Fsp3) is 0.333. The van der Waals surface area contributed by atoms with Crippen LogP contribution in [0.1, 0.15) is 17.3 Å². The first kappa shape index (κ1) is 16.7. The smallest absolute Gasteiger partial charge is 0.296 e. The molecule has 0 N–H and O–H groups in total. The number of pyridine rings is 1. The Bertz CT molecular complexity index is 1010. The second-order valence-electron chi connectivity index (χ2n) is 5.69. The van der Waals surface area contributed by atoms with E-state index in [1.165, 1.54) is 31.3 Å². The number of hydrogen-bond donors (Lipinski definition) is 0. The van der Waals surface area contributed by atoms with Crippen LogP contribution in [0.4, 0.5) is 4.39 Å². The molecule has 1 atom stereocenters. The lowest BCUT2D eigenvalue weighted by molar-refractivity contribution is -0.120. The second kappa shape index (κ2) is 6.04. The van der Waals surface area contributed by atoms with Gasteiger partial charge >= 0.3 is 5.69 Å². The third-order valence-electron chi connectivity index (χ3n) is 3.82. The van der Waals surface area contributed by atoms with E-state index in [9.17, 15) is 18.8 Å². The van der Waals surface area contributed by atoms with Gasteiger partial charge in [-0.05, 0) is 19.1 Å². The fourth-order valence-electron chi connectivity index (χ4n) is 2.50. The summed E-state index contributed by atoms with van der Waals surface area (Å²) in [5.74, 6) is -1.81. The summed E-state index contributed by atoms with van der Waals surface area (Å²) >= 11 is 0. The summed E-state index contributed by atoms with van der Waals surface area (Å²) in [6, 6.07) is 2.34. The van der Waals surface area contributed by atoms with E-state index in [1.807, 2.05) is 0 Å². The summed E-state index contributed by atoms with van der Waals surface area (Å²) < 4.78 is 15.2. The molecule has 3 rings (SSSR count). The standard InChI is InChI=1S/C15H15FN6O3/c1-8-10(16)4-5-12(18-8)22-14(24)13(19-21(3)15(22)25)9-6-17-20(2)7-11(9)23/h4-6,9H,7H2,1-3H3. The average Bonchev–Trinajstić information content (AvgIpc) is 2.55. The molecule has 3 heterocycles. The monoisotopic (exact) mass is 346 g/mol. The lowest BCUT2D eigenvalue weighted by Gasteiger charge is -2.21. The number of aromatic nitrogens is 4. The van der Waals surface area contributed by atoms with Crippen LogP contribution in [0.5, 0.6) is 0 Å². The van der Waals surface area contributed by atoms with Crippen molar-refractivity contribution in [3.8, 4) is 5.82 Å². The quantitative estimate of drug-likeness (QED) is 0.717. The number of carbonyl (C=O) groups is 1. The largest absolute Gasteiger partial charge is 0.353 e. The van der Waals surface area contributed by atoms with E-state index in [-0.39, 0.29) is 29.5 Å². The van der Waals surface area contributed by atoms with Gasteiger partial charge in [-0.15, -0.1) is 0 Å². The Morgan fingerprint density at radius 1 is 1.20 bits per heavy atom. The number of nitrogens with zero attached hydrogens (tertiary/aromatic N) is 6. The predicted octanol–water partition coefficient (Wildman–Crippen LogP) is -0.642. The molecule has 1 aliphatic heterocycles. The summed E-state index contributed by atoms with van der Waals surface area (Å²) in [6.45, 7) is 1.45. The Hall–Kier alpha value is -3.17. The number of ketones is 1. The minimum atomic E-state index is -0.955. The molecule has 1 unspecified atom stereocenters. The number of hydrogen-bond acceptors (Lipinski definition) is 7. The molecular weight excluding hydrogens is 331 g/mol. The van der Waals surface area contributed by atoms with Gasteiger partial charge in [0.15, 0.2) is 5.78 Å². The van der Waals surface area contributed by atoms with Crippen molar-refractivity contribution in [1.82, 2.24) is 24.3 Å². The number of likely N-dealkylation sites (N-methyl/N-ethyl adjacent to an activating group) is 1. The summed E-state index contributed by atoms with van der Waals surface area (Å²) in [6.07, 6.45) is 1.31. The summed E-state index contributed by atoms with van der Waals surface area (Å²) in [4.78, 5) is 41.3. The molecule has 0 amide bonds. The maximum absolute atomic E-state index is 13.4. The van der Waals surface area contributed by atoms with Crippen LogP contribution in [0, 0.1) is 12.7 Å².